The molecule has 0 saturated carbocycles. The lowest BCUT2D eigenvalue weighted by atomic mass is 10.1. The van der Waals surface area contributed by atoms with Gasteiger partial charge in [-0.25, -0.2) is 9.79 Å². The van der Waals surface area contributed by atoms with Gasteiger partial charge in [-0.1, -0.05) is 11.6 Å². The lowest BCUT2D eigenvalue weighted by Crippen LogP contribution is -2.00. The van der Waals surface area contributed by atoms with Crippen molar-refractivity contribution in [2.45, 2.75) is 6.54 Å². The first kappa shape index (κ1) is 13.2. The molecule has 6 heteroatoms. The van der Waals surface area contributed by atoms with Crippen molar-refractivity contribution in [2.24, 2.45) is 4.99 Å². The number of isocyanates is 1. The normalized spacial score (nSPS) is 9.35. The van der Waals surface area contributed by atoms with Gasteiger partial charge in [0.1, 0.15) is 0 Å². The molecule has 5 nitrogen and oxygen atoms in total. The van der Waals surface area contributed by atoms with Crippen LogP contribution in [0.25, 0.3) is 0 Å². The molecular formula is C11H10ClNO4. The van der Waals surface area contributed by atoms with E-state index >= 15 is 0 Å². The molecule has 17 heavy (non-hydrogen) atoms. The Hall–Kier alpha value is -1.84. The molecule has 0 N–H and O–H groups in total. The minimum Gasteiger partial charge on any atom is -0.492 e. The first-order chi connectivity index (χ1) is 8.19. The zero-order chi connectivity index (χ0) is 12.8. The number of ether oxygens (including phenoxy) is 2. The van der Waals surface area contributed by atoms with Crippen molar-refractivity contribution in [2.75, 3.05) is 14.2 Å². The van der Waals surface area contributed by atoms with Gasteiger partial charge in [-0.15, -0.1) is 0 Å². The third kappa shape index (κ3) is 2.64. The number of hydrogen-bond acceptors (Lipinski definition) is 5. The van der Waals surface area contributed by atoms with E-state index in [1.165, 1.54) is 26.4 Å². The maximum Gasteiger partial charge on any atom is 0.235 e. The Kier molecular flexibility index (Phi) is 4.69. The molecule has 1 aromatic carbocycles. The predicted molar refractivity (Wildman–Crippen MR) is 61.8 cm³/mol. The number of halogens is 1. The number of methoxy groups -OCH3 is 2. The Labute approximate surface area is 103 Å². The zero-order valence-electron chi connectivity index (χ0n) is 9.32. The van der Waals surface area contributed by atoms with Gasteiger partial charge in [-0.2, -0.15) is 0 Å². The van der Waals surface area contributed by atoms with Crippen LogP contribution in [0, 0.1) is 0 Å². The van der Waals surface area contributed by atoms with Gasteiger partial charge in [-0.3, -0.25) is 4.79 Å². The summed E-state index contributed by atoms with van der Waals surface area (Å²) < 4.78 is 10.2. The van der Waals surface area contributed by atoms with Crippen LogP contribution in [0.1, 0.15) is 15.9 Å². The van der Waals surface area contributed by atoms with Gasteiger partial charge >= 0.3 is 0 Å². The summed E-state index contributed by atoms with van der Waals surface area (Å²) in [5.74, 6) is 0.559. The standard InChI is InChI=1S/C11H10ClNO4/c1-16-10-7(4-13-6-15)3-9(12)8(5-14)11(10)17-2/h3,5H,4H2,1-2H3. The Morgan fingerprint density at radius 1 is 1.41 bits per heavy atom. The van der Waals surface area contributed by atoms with Gasteiger partial charge in [-0.05, 0) is 6.07 Å². The molecule has 0 unspecified atom stereocenters. The predicted octanol–water partition coefficient (Wildman–Crippen LogP) is 2.01. The highest BCUT2D eigenvalue weighted by molar-refractivity contribution is 6.33. The van der Waals surface area contributed by atoms with E-state index in [2.05, 4.69) is 4.99 Å². The highest BCUT2D eigenvalue weighted by Gasteiger charge is 2.18. The average Bonchev–Trinajstić information content (AvgIpc) is 2.35. The zero-order valence-corrected chi connectivity index (χ0v) is 10.1. The lowest BCUT2D eigenvalue weighted by molar-refractivity contribution is 0.112. The van der Waals surface area contributed by atoms with E-state index < -0.39 is 0 Å². The number of benzene rings is 1. The van der Waals surface area contributed by atoms with E-state index in [9.17, 15) is 9.59 Å². The number of carbonyl (C=O) groups excluding carboxylic acids is 2. The van der Waals surface area contributed by atoms with E-state index in [0.29, 0.717) is 17.6 Å². The number of hydrogen-bond donors (Lipinski definition) is 0. The van der Waals surface area contributed by atoms with Crippen LogP contribution < -0.4 is 9.47 Å². The number of rotatable bonds is 5. The molecule has 0 aliphatic heterocycles. The smallest absolute Gasteiger partial charge is 0.235 e. The number of carbonyl (C=O) groups is 1. The molecule has 0 spiro atoms. The second kappa shape index (κ2) is 6.03. The topological polar surface area (TPSA) is 65.0 Å². The van der Waals surface area contributed by atoms with Crippen LogP contribution in [0.4, 0.5) is 0 Å². The second-order valence-corrected chi connectivity index (χ2v) is 3.43. The van der Waals surface area contributed by atoms with Crippen molar-refractivity contribution < 1.29 is 19.1 Å². The van der Waals surface area contributed by atoms with E-state index in [-0.39, 0.29) is 22.9 Å². The van der Waals surface area contributed by atoms with Gasteiger partial charge in [0.2, 0.25) is 6.08 Å². The molecule has 0 radical (unpaired) electrons. The van der Waals surface area contributed by atoms with Crippen LogP contribution in [-0.4, -0.2) is 26.6 Å². The molecule has 0 amide bonds. The summed E-state index contributed by atoms with van der Waals surface area (Å²) in [6, 6.07) is 1.51. The van der Waals surface area contributed by atoms with Crippen molar-refractivity contribution in [3.63, 3.8) is 0 Å². The SMILES string of the molecule is COc1c(CN=C=O)cc(Cl)c(C=O)c1OC. The van der Waals surface area contributed by atoms with Gasteiger partial charge in [0, 0.05) is 5.56 Å². The fourth-order valence-electron chi connectivity index (χ4n) is 1.44. The molecule has 0 atom stereocenters. The summed E-state index contributed by atoms with van der Waals surface area (Å²) in [6.45, 7) is 0.0574. The summed E-state index contributed by atoms with van der Waals surface area (Å²) in [4.78, 5) is 24.4. The molecule has 1 rings (SSSR count). The summed E-state index contributed by atoms with van der Waals surface area (Å²) in [6.07, 6.45) is 2.00. The number of nitrogens with zero attached hydrogens (tertiary/aromatic N) is 1. The van der Waals surface area contributed by atoms with Gasteiger partial charge in [0.25, 0.3) is 0 Å². The van der Waals surface area contributed by atoms with Crippen molar-refractivity contribution >= 4 is 24.0 Å². The van der Waals surface area contributed by atoms with E-state index in [1.807, 2.05) is 0 Å². The molecule has 0 aliphatic rings. The van der Waals surface area contributed by atoms with Crippen LogP contribution >= 0.6 is 11.6 Å². The fourth-order valence-corrected chi connectivity index (χ4v) is 1.71. The van der Waals surface area contributed by atoms with E-state index in [4.69, 9.17) is 21.1 Å². The highest BCUT2D eigenvalue weighted by atomic mass is 35.5. The Bertz CT molecular complexity index is 481. The number of aldehydes is 1. The van der Waals surface area contributed by atoms with E-state index in [0.717, 1.165) is 0 Å². The fraction of sp³-hybridized carbons (Fsp3) is 0.273. The van der Waals surface area contributed by atoms with Crippen molar-refractivity contribution in [3.05, 3.63) is 22.2 Å². The van der Waals surface area contributed by atoms with Gasteiger partial charge in [0.05, 0.1) is 31.4 Å². The lowest BCUT2D eigenvalue weighted by Gasteiger charge is -2.14. The van der Waals surface area contributed by atoms with Gasteiger partial charge in [0.15, 0.2) is 17.8 Å². The van der Waals surface area contributed by atoms with Gasteiger partial charge < -0.3 is 9.47 Å². The largest absolute Gasteiger partial charge is 0.492 e. The third-order valence-corrected chi connectivity index (χ3v) is 2.45. The maximum atomic E-state index is 10.9. The Morgan fingerprint density at radius 3 is 2.53 bits per heavy atom. The quantitative estimate of drug-likeness (QED) is 0.459. The first-order valence-electron chi connectivity index (χ1n) is 4.61. The van der Waals surface area contributed by atoms with Crippen LogP contribution in [0.15, 0.2) is 11.1 Å². The molecule has 90 valence electrons. The molecular weight excluding hydrogens is 246 g/mol. The molecule has 0 aliphatic carbocycles. The number of aliphatic imine (C=N–C) groups is 1. The molecule has 0 fully saturated rings. The van der Waals surface area contributed by atoms with Crippen molar-refractivity contribution in [1.82, 2.24) is 0 Å². The summed E-state index contributed by atoms with van der Waals surface area (Å²) in [5.41, 5.74) is 0.744. The van der Waals surface area contributed by atoms with Crippen molar-refractivity contribution in [3.8, 4) is 11.5 Å². The van der Waals surface area contributed by atoms with Crippen LogP contribution in [0.5, 0.6) is 11.5 Å². The average molecular weight is 256 g/mol. The second-order valence-electron chi connectivity index (χ2n) is 3.02. The molecule has 0 bridgehead atoms. The minimum absolute atomic E-state index is 0.0574. The highest BCUT2D eigenvalue weighted by Crippen LogP contribution is 2.38. The first-order valence-corrected chi connectivity index (χ1v) is 4.99. The van der Waals surface area contributed by atoms with E-state index in [1.54, 1.807) is 0 Å². The minimum atomic E-state index is 0.0574. The van der Waals surface area contributed by atoms with Crippen molar-refractivity contribution in [1.29, 1.82) is 0 Å². The molecule has 0 aromatic heterocycles. The molecule has 0 heterocycles. The summed E-state index contributed by atoms with van der Waals surface area (Å²) in [7, 11) is 2.82. The van der Waals surface area contributed by atoms with Crippen LogP contribution in [0.3, 0.4) is 0 Å². The summed E-state index contributed by atoms with van der Waals surface area (Å²) in [5, 5.41) is 0.216. The Balaban J connectivity index is 3.46. The maximum absolute atomic E-state index is 10.9. The molecule has 1 aromatic rings. The monoisotopic (exact) mass is 255 g/mol. The molecule has 0 saturated heterocycles. The van der Waals surface area contributed by atoms with Crippen LogP contribution in [-0.2, 0) is 11.3 Å². The van der Waals surface area contributed by atoms with Crippen LogP contribution in [0.2, 0.25) is 5.02 Å². The third-order valence-electron chi connectivity index (χ3n) is 2.14. The Morgan fingerprint density at radius 2 is 2.06 bits per heavy atom. The summed E-state index contributed by atoms with van der Waals surface area (Å²) >= 11 is 5.91.